The lowest BCUT2D eigenvalue weighted by molar-refractivity contribution is -0.143. The quantitative estimate of drug-likeness (QED) is 0.667. The number of hydrogen-bond acceptors (Lipinski definition) is 1. The number of carbonyl (C=O) groups is 1. The van der Waals surface area contributed by atoms with Crippen molar-refractivity contribution < 1.29 is 9.90 Å². The molecule has 0 aliphatic heterocycles. The molecule has 2 heteroatoms. The van der Waals surface area contributed by atoms with Crippen molar-refractivity contribution in [3.05, 3.63) is 11.6 Å². The Morgan fingerprint density at radius 3 is 2.77 bits per heavy atom. The minimum absolute atomic E-state index is 0.209. The molecule has 0 spiro atoms. The minimum Gasteiger partial charge on any atom is -0.481 e. The highest BCUT2D eigenvalue weighted by molar-refractivity contribution is 5.70. The SMILES string of the molecule is CC1=CC(C)C(C(C)C(=O)O)CC1. The Labute approximate surface area is 79.6 Å². The molecule has 0 fully saturated rings. The average Bonchev–Trinajstić information content (AvgIpc) is 2.03. The highest BCUT2D eigenvalue weighted by Gasteiger charge is 2.29. The predicted octanol–water partition coefficient (Wildman–Crippen LogP) is 2.70. The van der Waals surface area contributed by atoms with Crippen LogP contribution in [0.5, 0.6) is 0 Å². The summed E-state index contributed by atoms with van der Waals surface area (Å²) in [5.74, 6) is -0.134. The van der Waals surface area contributed by atoms with Crippen LogP contribution >= 0.6 is 0 Å². The van der Waals surface area contributed by atoms with Crippen molar-refractivity contribution in [2.45, 2.75) is 33.6 Å². The first kappa shape index (κ1) is 10.3. The van der Waals surface area contributed by atoms with Gasteiger partial charge in [-0.15, -0.1) is 0 Å². The zero-order valence-electron chi connectivity index (χ0n) is 8.58. The van der Waals surface area contributed by atoms with Gasteiger partial charge in [0.05, 0.1) is 5.92 Å². The summed E-state index contributed by atoms with van der Waals surface area (Å²) in [6.07, 6.45) is 4.30. The van der Waals surface area contributed by atoms with Gasteiger partial charge in [-0.1, -0.05) is 25.5 Å². The first-order valence-corrected chi connectivity index (χ1v) is 4.92. The summed E-state index contributed by atoms with van der Waals surface area (Å²) in [7, 11) is 0. The minimum atomic E-state index is -0.662. The maximum Gasteiger partial charge on any atom is 0.306 e. The van der Waals surface area contributed by atoms with E-state index >= 15 is 0 Å². The molecule has 0 aromatic rings. The van der Waals surface area contributed by atoms with E-state index in [0.717, 1.165) is 12.8 Å². The van der Waals surface area contributed by atoms with Gasteiger partial charge < -0.3 is 5.11 Å². The maximum atomic E-state index is 10.8. The van der Waals surface area contributed by atoms with Crippen LogP contribution in [0.1, 0.15) is 33.6 Å². The lowest BCUT2D eigenvalue weighted by Crippen LogP contribution is -2.27. The van der Waals surface area contributed by atoms with Crippen molar-refractivity contribution in [3.8, 4) is 0 Å². The van der Waals surface area contributed by atoms with E-state index in [1.807, 2.05) is 6.92 Å². The Morgan fingerprint density at radius 2 is 2.31 bits per heavy atom. The van der Waals surface area contributed by atoms with Gasteiger partial charge in [0.25, 0.3) is 0 Å². The molecule has 0 heterocycles. The smallest absolute Gasteiger partial charge is 0.306 e. The number of hydrogen-bond donors (Lipinski definition) is 1. The molecule has 3 atom stereocenters. The van der Waals surface area contributed by atoms with Crippen molar-refractivity contribution in [1.29, 1.82) is 0 Å². The van der Waals surface area contributed by atoms with Crippen LogP contribution in [0.4, 0.5) is 0 Å². The molecule has 1 rings (SSSR count). The number of carboxylic acid groups (broad SMARTS) is 1. The van der Waals surface area contributed by atoms with E-state index < -0.39 is 5.97 Å². The van der Waals surface area contributed by atoms with Gasteiger partial charge in [0.15, 0.2) is 0 Å². The highest BCUT2D eigenvalue weighted by Crippen LogP contribution is 2.33. The fourth-order valence-electron chi connectivity index (χ4n) is 2.20. The van der Waals surface area contributed by atoms with E-state index in [4.69, 9.17) is 5.11 Å². The van der Waals surface area contributed by atoms with Crippen LogP contribution < -0.4 is 0 Å². The Morgan fingerprint density at radius 1 is 1.69 bits per heavy atom. The number of allylic oxidation sites excluding steroid dienone is 2. The fraction of sp³-hybridized carbons (Fsp3) is 0.727. The molecule has 13 heavy (non-hydrogen) atoms. The molecule has 0 aromatic carbocycles. The Bertz CT molecular complexity index is 230. The lowest BCUT2D eigenvalue weighted by atomic mass is 9.75. The lowest BCUT2D eigenvalue weighted by Gasteiger charge is -2.29. The van der Waals surface area contributed by atoms with Crippen LogP contribution in [0.25, 0.3) is 0 Å². The Kier molecular flexibility index (Phi) is 3.12. The zero-order chi connectivity index (χ0) is 10.0. The van der Waals surface area contributed by atoms with Crippen LogP contribution in [-0.4, -0.2) is 11.1 Å². The van der Waals surface area contributed by atoms with Gasteiger partial charge >= 0.3 is 5.97 Å². The van der Waals surface area contributed by atoms with Crippen molar-refractivity contribution >= 4 is 5.97 Å². The molecule has 74 valence electrons. The van der Waals surface area contributed by atoms with Crippen molar-refractivity contribution in [1.82, 2.24) is 0 Å². The standard InChI is InChI=1S/C11H18O2/c1-7-4-5-10(8(2)6-7)9(3)11(12)13/h6,8-10H,4-5H2,1-3H3,(H,12,13). The van der Waals surface area contributed by atoms with Crippen LogP contribution in [0.3, 0.4) is 0 Å². The molecule has 2 nitrogen and oxygen atoms in total. The first-order valence-electron chi connectivity index (χ1n) is 4.92. The topological polar surface area (TPSA) is 37.3 Å². The van der Waals surface area contributed by atoms with Gasteiger partial charge in [-0.05, 0) is 31.6 Å². The summed E-state index contributed by atoms with van der Waals surface area (Å²) in [5, 5.41) is 8.90. The molecule has 1 aliphatic carbocycles. The van der Waals surface area contributed by atoms with E-state index in [9.17, 15) is 4.79 Å². The predicted molar refractivity (Wildman–Crippen MR) is 52.4 cm³/mol. The molecule has 0 amide bonds. The van der Waals surface area contributed by atoms with E-state index in [1.165, 1.54) is 5.57 Å². The Hall–Kier alpha value is -0.790. The van der Waals surface area contributed by atoms with Crippen LogP contribution in [0, 0.1) is 17.8 Å². The van der Waals surface area contributed by atoms with Crippen LogP contribution in [0.15, 0.2) is 11.6 Å². The van der Waals surface area contributed by atoms with Gasteiger partial charge in [0.1, 0.15) is 0 Å². The second-order valence-electron chi connectivity index (χ2n) is 4.20. The largest absolute Gasteiger partial charge is 0.481 e. The van der Waals surface area contributed by atoms with Gasteiger partial charge in [0, 0.05) is 0 Å². The molecule has 0 saturated heterocycles. The molecule has 0 aromatic heterocycles. The van der Waals surface area contributed by atoms with Gasteiger partial charge in [-0.3, -0.25) is 4.79 Å². The van der Waals surface area contributed by atoms with Crippen molar-refractivity contribution in [2.24, 2.45) is 17.8 Å². The molecule has 0 saturated carbocycles. The summed E-state index contributed by atoms with van der Waals surface area (Å²) in [4.78, 5) is 10.8. The summed E-state index contributed by atoms with van der Waals surface area (Å²) >= 11 is 0. The van der Waals surface area contributed by atoms with Gasteiger partial charge in [-0.25, -0.2) is 0 Å². The molecular formula is C11H18O2. The maximum absolute atomic E-state index is 10.8. The highest BCUT2D eigenvalue weighted by atomic mass is 16.4. The van der Waals surface area contributed by atoms with E-state index in [0.29, 0.717) is 11.8 Å². The molecular weight excluding hydrogens is 164 g/mol. The molecule has 0 bridgehead atoms. The molecule has 1 aliphatic rings. The summed E-state index contributed by atoms with van der Waals surface area (Å²) in [6.45, 7) is 6.06. The van der Waals surface area contributed by atoms with Gasteiger partial charge in [0.2, 0.25) is 0 Å². The summed E-state index contributed by atoms with van der Waals surface area (Å²) in [6, 6.07) is 0. The monoisotopic (exact) mass is 182 g/mol. The first-order chi connectivity index (χ1) is 6.02. The zero-order valence-corrected chi connectivity index (χ0v) is 8.58. The third-order valence-electron chi connectivity index (χ3n) is 3.13. The average molecular weight is 182 g/mol. The van der Waals surface area contributed by atoms with E-state index in [-0.39, 0.29) is 5.92 Å². The number of carboxylic acids is 1. The second kappa shape index (κ2) is 3.95. The van der Waals surface area contributed by atoms with Crippen molar-refractivity contribution in [3.63, 3.8) is 0 Å². The number of aliphatic carboxylic acids is 1. The van der Waals surface area contributed by atoms with Gasteiger partial charge in [-0.2, -0.15) is 0 Å². The number of rotatable bonds is 2. The van der Waals surface area contributed by atoms with Crippen molar-refractivity contribution in [2.75, 3.05) is 0 Å². The summed E-state index contributed by atoms with van der Waals surface area (Å²) in [5.41, 5.74) is 1.40. The van der Waals surface area contributed by atoms with Crippen LogP contribution in [-0.2, 0) is 4.79 Å². The van der Waals surface area contributed by atoms with E-state index in [2.05, 4.69) is 19.9 Å². The van der Waals surface area contributed by atoms with Crippen LogP contribution in [0.2, 0.25) is 0 Å². The molecule has 3 unspecified atom stereocenters. The molecule has 0 radical (unpaired) electrons. The third-order valence-corrected chi connectivity index (χ3v) is 3.13. The Balaban J connectivity index is 2.68. The second-order valence-corrected chi connectivity index (χ2v) is 4.20. The molecule has 1 N–H and O–H groups in total. The fourth-order valence-corrected chi connectivity index (χ4v) is 2.20. The van der Waals surface area contributed by atoms with E-state index in [1.54, 1.807) is 0 Å². The normalized spacial score (nSPS) is 30.8. The summed E-state index contributed by atoms with van der Waals surface area (Å²) < 4.78 is 0. The third kappa shape index (κ3) is 2.33.